The molecule has 114 valence electrons. The van der Waals surface area contributed by atoms with Crippen LogP contribution in [0.4, 0.5) is 4.39 Å². The number of rotatable bonds is 4. The van der Waals surface area contributed by atoms with Crippen molar-refractivity contribution in [1.82, 2.24) is 10.3 Å². The minimum atomic E-state index is -0.198. The van der Waals surface area contributed by atoms with Crippen LogP contribution in [0, 0.1) is 5.82 Å². The quantitative estimate of drug-likeness (QED) is 0.832. The summed E-state index contributed by atoms with van der Waals surface area (Å²) in [6.45, 7) is 6.45. The van der Waals surface area contributed by atoms with Gasteiger partial charge in [-0.1, -0.05) is 42.8 Å². The highest BCUT2D eigenvalue weighted by atomic mass is 79.9. The summed E-state index contributed by atoms with van der Waals surface area (Å²) in [7, 11) is 1.85. The van der Waals surface area contributed by atoms with Crippen molar-refractivity contribution in [3.05, 3.63) is 50.1 Å². The number of likely N-dealkylation sites (N-methyl/N-ethyl adjacent to an activating group) is 1. The van der Waals surface area contributed by atoms with E-state index in [4.69, 9.17) is 0 Å². The van der Waals surface area contributed by atoms with Crippen molar-refractivity contribution in [3.63, 3.8) is 0 Å². The molecule has 1 heterocycles. The first kappa shape index (κ1) is 16.6. The van der Waals surface area contributed by atoms with E-state index in [1.54, 1.807) is 11.3 Å². The van der Waals surface area contributed by atoms with Gasteiger partial charge in [0.1, 0.15) is 5.82 Å². The van der Waals surface area contributed by atoms with Crippen LogP contribution in [0.2, 0.25) is 0 Å². The number of hydrogen-bond donors (Lipinski definition) is 1. The third-order valence-electron chi connectivity index (χ3n) is 3.39. The number of hydrogen-bond acceptors (Lipinski definition) is 3. The Morgan fingerprint density at radius 3 is 2.62 bits per heavy atom. The standard InChI is InChI=1S/C16H20BrFN2S/c1-16(2,3)14-9-21-15(20-14)8-13(19-4)11-6-5-10(17)7-12(11)18/h5-7,9,13,19H,8H2,1-4H3. The zero-order valence-electron chi connectivity index (χ0n) is 12.7. The molecule has 1 atom stereocenters. The van der Waals surface area contributed by atoms with Gasteiger partial charge in [-0.15, -0.1) is 11.3 Å². The van der Waals surface area contributed by atoms with Gasteiger partial charge in [0.15, 0.2) is 0 Å². The zero-order valence-corrected chi connectivity index (χ0v) is 15.1. The Morgan fingerprint density at radius 2 is 2.10 bits per heavy atom. The topological polar surface area (TPSA) is 24.9 Å². The maximum absolute atomic E-state index is 14.1. The second-order valence-corrected chi connectivity index (χ2v) is 7.95. The Balaban J connectivity index is 2.21. The molecule has 1 unspecified atom stereocenters. The fourth-order valence-electron chi connectivity index (χ4n) is 2.08. The van der Waals surface area contributed by atoms with Crippen LogP contribution in [0.15, 0.2) is 28.1 Å². The predicted octanol–water partition coefficient (Wildman–Crippen LogP) is 4.85. The van der Waals surface area contributed by atoms with Crippen molar-refractivity contribution in [2.75, 3.05) is 7.05 Å². The molecular formula is C16H20BrFN2S. The van der Waals surface area contributed by atoms with E-state index in [1.807, 2.05) is 19.2 Å². The molecule has 1 N–H and O–H groups in total. The lowest BCUT2D eigenvalue weighted by atomic mass is 9.93. The average Bonchev–Trinajstić information content (AvgIpc) is 2.85. The molecule has 21 heavy (non-hydrogen) atoms. The highest BCUT2D eigenvalue weighted by molar-refractivity contribution is 9.10. The van der Waals surface area contributed by atoms with Crippen LogP contribution < -0.4 is 5.32 Å². The van der Waals surface area contributed by atoms with Crippen molar-refractivity contribution in [2.24, 2.45) is 0 Å². The van der Waals surface area contributed by atoms with E-state index in [0.717, 1.165) is 15.2 Å². The monoisotopic (exact) mass is 370 g/mol. The predicted molar refractivity (Wildman–Crippen MR) is 90.4 cm³/mol. The summed E-state index contributed by atoms with van der Waals surface area (Å²) >= 11 is 4.93. The van der Waals surface area contributed by atoms with E-state index in [-0.39, 0.29) is 17.3 Å². The van der Waals surface area contributed by atoms with Gasteiger partial charge in [0.25, 0.3) is 0 Å². The van der Waals surface area contributed by atoms with E-state index >= 15 is 0 Å². The Morgan fingerprint density at radius 1 is 1.38 bits per heavy atom. The highest BCUT2D eigenvalue weighted by Crippen LogP contribution is 2.28. The van der Waals surface area contributed by atoms with Gasteiger partial charge in [-0.05, 0) is 19.2 Å². The number of aromatic nitrogens is 1. The van der Waals surface area contributed by atoms with Gasteiger partial charge >= 0.3 is 0 Å². The van der Waals surface area contributed by atoms with Crippen molar-refractivity contribution in [2.45, 2.75) is 38.6 Å². The highest BCUT2D eigenvalue weighted by Gasteiger charge is 2.20. The first-order valence-corrected chi connectivity index (χ1v) is 8.55. The second kappa shape index (κ2) is 6.55. The molecule has 0 saturated carbocycles. The molecule has 2 nitrogen and oxygen atoms in total. The molecule has 1 aromatic heterocycles. The van der Waals surface area contributed by atoms with E-state index in [1.165, 1.54) is 6.07 Å². The molecular weight excluding hydrogens is 351 g/mol. The van der Waals surface area contributed by atoms with Crippen LogP contribution in [0.25, 0.3) is 0 Å². The summed E-state index contributed by atoms with van der Waals surface area (Å²) < 4.78 is 14.9. The molecule has 0 aliphatic rings. The first-order chi connectivity index (χ1) is 9.81. The zero-order chi connectivity index (χ0) is 15.6. The van der Waals surface area contributed by atoms with Gasteiger partial charge in [-0.2, -0.15) is 0 Å². The fraction of sp³-hybridized carbons (Fsp3) is 0.438. The summed E-state index contributed by atoms with van der Waals surface area (Å²) in [5, 5.41) is 6.31. The maximum atomic E-state index is 14.1. The number of thiazole rings is 1. The smallest absolute Gasteiger partial charge is 0.129 e. The molecule has 5 heteroatoms. The molecule has 0 spiro atoms. The third kappa shape index (κ3) is 4.11. The van der Waals surface area contributed by atoms with Crippen molar-refractivity contribution < 1.29 is 4.39 Å². The number of nitrogens with one attached hydrogen (secondary N) is 1. The lowest BCUT2D eigenvalue weighted by molar-refractivity contribution is 0.528. The number of halogens is 2. The summed E-state index contributed by atoms with van der Waals surface area (Å²) in [6, 6.07) is 5.11. The molecule has 2 aromatic rings. The molecule has 2 rings (SSSR count). The van der Waals surface area contributed by atoms with Gasteiger partial charge < -0.3 is 5.32 Å². The van der Waals surface area contributed by atoms with E-state index in [9.17, 15) is 4.39 Å². The number of benzene rings is 1. The molecule has 0 amide bonds. The molecule has 0 aliphatic carbocycles. The van der Waals surface area contributed by atoms with E-state index in [2.05, 4.69) is 52.4 Å². The minimum absolute atomic E-state index is 0.0484. The maximum Gasteiger partial charge on any atom is 0.129 e. The van der Waals surface area contributed by atoms with Crippen molar-refractivity contribution in [1.29, 1.82) is 0 Å². The van der Waals surface area contributed by atoms with Gasteiger partial charge in [0.05, 0.1) is 10.7 Å². The summed E-state index contributed by atoms with van der Waals surface area (Å²) in [4.78, 5) is 4.69. The largest absolute Gasteiger partial charge is 0.313 e. The normalized spacial score (nSPS) is 13.4. The molecule has 0 saturated heterocycles. The molecule has 0 radical (unpaired) electrons. The number of nitrogens with zero attached hydrogens (tertiary/aromatic N) is 1. The van der Waals surface area contributed by atoms with E-state index in [0.29, 0.717) is 12.0 Å². The van der Waals surface area contributed by atoms with Crippen LogP contribution in [0.1, 0.15) is 43.1 Å². The minimum Gasteiger partial charge on any atom is -0.313 e. The lowest BCUT2D eigenvalue weighted by Gasteiger charge is -2.17. The Hall–Kier alpha value is -0.780. The van der Waals surface area contributed by atoms with Crippen LogP contribution in [0.3, 0.4) is 0 Å². The van der Waals surface area contributed by atoms with E-state index < -0.39 is 0 Å². The van der Waals surface area contributed by atoms with Crippen molar-refractivity contribution in [3.8, 4) is 0 Å². The molecule has 0 bridgehead atoms. The SMILES string of the molecule is CNC(Cc1nc(C(C)(C)C)cs1)c1ccc(Br)cc1F. The van der Waals surface area contributed by atoms with Crippen molar-refractivity contribution >= 4 is 27.3 Å². The molecule has 1 aromatic carbocycles. The Bertz CT molecular complexity index is 619. The van der Waals surface area contributed by atoms with Crippen LogP contribution >= 0.6 is 27.3 Å². The summed E-state index contributed by atoms with van der Waals surface area (Å²) in [5.41, 5.74) is 1.81. The molecule has 0 aliphatic heterocycles. The average molecular weight is 371 g/mol. The van der Waals surface area contributed by atoms with Crippen LogP contribution in [-0.2, 0) is 11.8 Å². The van der Waals surface area contributed by atoms with Crippen LogP contribution in [0.5, 0.6) is 0 Å². The first-order valence-electron chi connectivity index (χ1n) is 6.88. The lowest BCUT2D eigenvalue weighted by Crippen LogP contribution is -2.20. The van der Waals surface area contributed by atoms with Gasteiger partial charge in [0.2, 0.25) is 0 Å². The summed E-state index contributed by atoms with van der Waals surface area (Å²) in [6.07, 6.45) is 0.690. The molecule has 0 fully saturated rings. The third-order valence-corrected chi connectivity index (χ3v) is 4.75. The Labute approximate surface area is 137 Å². The van der Waals surface area contributed by atoms with Gasteiger partial charge in [0, 0.05) is 33.3 Å². The Kier molecular flexibility index (Phi) is 5.17. The van der Waals surface area contributed by atoms with Gasteiger partial charge in [-0.3, -0.25) is 0 Å². The summed E-state index contributed by atoms with van der Waals surface area (Å²) in [5.74, 6) is -0.198. The fourth-order valence-corrected chi connectivity index (χ4v) is 3.48. The second-order valence-electron chi connectivity index (χ2n) is 6.09. The van der Waals surface area contributed by atoms with Gasteiger partial charge in [-0.25, -0.2) is 9.37 Å². The van der Waals surface area contributed by atoms with Crippen LogP contribution in [-0.4, -0.2) is 12.0 Å².